The highest BCUT2D eigenvalue weighted by Gasteiger charge is 2.19. The molecule has 19 heavy (non-hydrogen) atoms. The van der Waals surface area contributed by atoms with Gasteiger partial charge in [-0.3, -0.25) is 4.79 Å². The Kier molecular flexibility index (Phi) is 3.71. The van der Waals surface area contributed by atoms with Crippen LogP contribution in [0, 0.1) is 0 Å². The maximum atomic E-state index is 12.0. The van der Waals surface area contributed by atoms with Crippen molar-refractivity contribution in [3.8, 4) is 5.69 Å². The Morgan fingerprint density at radius 3 is 2.32 bits per heavy atom. The van der Waals surface area contributed by atoms with Gasteiger partial charge in [0, 0.05) is 23.6 Å². The summed E-state index contributed by atoms with van der Waals surface area (Å²) in [6.45, 7) is 3.46. The molecule has 0 aliphatic heterocycles. The monoisotopic (exact) mass is 258 g/mol. The van der Waals surface area contributed by atoms with E-state index in [4.69, 9.17) is 5.11 Å². The lowest BCUT2D eigenvalue weighted by Gasteiger charge is -2.23. The van der Waals surface area contributed by atoms with Crippen molar-refractivity contribution in [2.75, 3.05) is 6.61 Å². The zero-order valence-electron chi connectivity index (χ0n) is 11.1. The zero-order valence-corrected chi connectivity index (χ0v) is 11.1. The summed E-state index contributed by atoms with van der Waals surface area (Å²) in [5.41, 5.74) is 0.969. The number of aromatic nitrogens is 1. The molecule has 0 radical (unpaired) electrons. The highest BCUT2D eigenvalue weighted by molar-refractivity contribution is 5.94. The third-order valence-corrected chi connectivity index (χ3v) is 2.88. The Hall–Kier alpha value is -2.07. The standard InChI is InChI=1S/C15H18N2O2/c1-15(2,11-18)16-14(19)12-5-7-13(8-6-12)17-9-3-4-10-17/h3-10,18H,11H2,1-2H3,(H,16,19). The minimum atomic E-state index is -0.615. The number of aliphatic hydroxyl groups is 1. The van der Waals surface area contributed by atoms with Gasteiger partial charge in [0.25, 0.3) is 5.91 Å². The molecule has 1 heterocycles. The lowest BCUT2D eigenvalue weighted by Crippen LogP contribution is -2.46. The largest absolute Gasteiger partial charge is 0.394 e. The second kappa shape index (κ2) is 5.28. The van der Waals surface area contributed by atoms with E-state index in [2.05, 4.69) is 5.32 Å². The minimum Gasteiger partial charge on any atom is -0.394 e. The first-order valence-corrected chi connectivity index (χ1v) is 6.19. The molecular formula is C15H18N2O2. The van der Waals surface area contributed by atoms with Crippen molar-refractivity contribution < 1.29 is 9.90 Å². The summed E-state index contributed by atoms with van der Waals surface area (Å²) in [6, 6.07) is 11.2. The number of carbonyl (C=O) groups excluding carboxylic acids is 1. The Morgan fingerprint density at radius 2 is 1.79 bits per heavy atom. The average molecular weight is 258 g/mol. The van der Waals surface area contributed by atoms with Gasteiger partial charge in [0.15, 0.2) is 0 Å². The van der Waals surface area contributed by atoms with Crippen LogP contribution in [0.15, 0.2) is 48.8 Å². The van der Waals surface area contributed by atoms with E-state index >= 15 is 0 Å². The van der Waals surface area contributed by atoms with Gasteiger partial charge in [-0.25, -0.2) is 0 Å². The first-order valence-electron chi connectivity index (χ1n) is 6.19. The molecule has 2 rings (SSSR count). The third-order valence-electron chi connectivity index (χ3n) is 2.88. The fraction of sp³-hybridized carbons (Fsp3) is 0.267. The number of aliphatic hydroxyl groups excluding tert-OH is 1. The molecule has 1 aromatic carbocycles. The Labute approximate surface area is 112 Å². The molecule has 1 amide bonds. The fourth-order valence-corrected chi connectivity index (χ4v) is 1.71. The van der Waals surface area contributed by atoms with E-state index in [-0.39, 0.29) is 12.5 Å². The van der Waals surface area contributed by atoms with Crippen molar-refractivity contribution in [1.29, 1.82) is 0 Å². The number of amides is 1. The van der Waals surface area contributed by atoms with Gasteiger partial charge < -0.3 is 15.0 Å². The predicted molar refractivity (Wildman–Crippen MR) is 74.4 cm³/mol. The molecule has 0 fully saturated rings. The van der Waals surface area contributed by atoms with E-state index in [1.54, 1.807) is 26.0 Å². The highest BCUT2D eigenvalue weighted by atomic mass is 16.3. The number of nitrogens with one attached hydrogen (secondary N) is 1. The summed E-state index contributed by atoms with van der Waals surface area (Å²) in [5, 5.41) is 11.9. The van der Waals surface area contributed by atoms with Crippen LogP contribution in [-0.2, 0) is 0 Å². The van der Waals surface area contributed by atoms with E-state index in [1.165, 1.54) is 0 Å². The van der Waals surface area contributed by atoms with Gasteiger partial charge in [-0.15, -0.1) is 0 Å². The molecule has 4 heteroatoms. The number of hydrogen-bond acceptors (Lipinski definition) is 2. The second-order valence-electron chi connectivity index (χ2n) is 5.13. The molecule has 0 unspecified atom stereocenters. The quantitative estimate of drug-likeness (QED) is 0.881. The molecule has 0 aliphatic rings. The highest BCUT2D eigenvalue weighted by Crippen LogP contribution is 2.11. The molecule has 0 bridgehead atoms. The van der Waals surface area contributed by atoms with Crippen LogP contribution in [0.4, 0.5) is 0 Å². The molecular weight excluding hydrogens is 240 g/mol. The van der Waals surface area contributed by atoms with E-state index in [0.717, 1.165) is 5.69 Å². The molecule has 0 saturated carbocycles. The van der Waals surface area contributed by atoms with Gasteiger partial charge in [-0.1, -0.05) is 0 Å². The number of benzene rings is 1. The molecule has 2 aromatic rings. The molecule has 0 spiro atoms. The van der Waals surface area contributed by atoms with Gasteiger partial charge in [0.1, 0.15) is 0 Å². The average Bonchev–Trinajstić information content (AvgIpc) is 2.92. The van der Waals surface area contributed by atoms with Crippen LogP contribution < -0.4 is 5.32 Å². The van der Waals surface area contributed by atoms with Gasteiger partial charge in [-0.05, 0) is 50.2 Å². The van der Waals surface area contributed by atoms with Gasteiger partial charge in [0.05, 0.1) is 12.1 Å². The van der Waals surface area contributed by atoms with Gasteiger partial charge in [-0.2, -0.15) is 0 Å². The lowest BCUT2D eigenvalue weighted by molar-refractivity contribution is 0.0869. The van der Waals surface area contributed by atoms with Crippen LogP contribution >= 0.6 is 0 Å². The Bertz CT molecular complexity index is 542. The number of nitrogens with zero attached hydrogens (tertiary/aromatic N) is 1. The van der Waals surface area contributed by atoms with Crippen LogP contribution in [0.3, 0.4) is 0 Å². The van der Waals surface area contributed by atoms with Crippen LogP contribution in [0.5, 0.6) is 0 Å². The van der Waals surface area contributed by atoms with Crippen LogP contribution in [-0.4, -0.2) is 27.7 Å². The van der Waals surface area contributed by atoms with Crippen molar-refractivity contribution in [3.05, 3.63) is 54.4 Å². The van der Waals surface area contributed by atoms with Crippen molar-refractivity contribution in [2.24, 2.45) is 0 Å². The van der Waals surface area contributed by atoms with Crippen LogP contribution in [0.2, 0.25) is 0 Å². The maximum Gasteiger partial charge on any atom is 0.251 e. The predicted octanol–water partition coefficient (Wildman–Crippen LogP) is 1.98. The van der Waals surface area contributed by atoms with Crippen LogP contribution in [0.25, 0.3) is 5.69 Å². The number of hydrogen-bond donors (Lipinski definition) is 2. The van der Waals surface area contributed by atoms with Gasteiger partial charge in [0.2, 0.25) is 0 Å². The van der Waals surface area contributed by atoms with Crippen molar-refractivity contribution in [2.45, 2.75) is 19.4 Å². The number of carbonyl (C=O) groups is 1. The topological polar surface area (TPSA) is 54.3 Å². The molecule has 1 aromatic heterocycles. The Balaban J connectivity index is 2.13. The summed E-state index contributed by atoms with van der Waals surface area (Å²) < 4.78 is 1.97. The molecule has 100 valence electrons. The SMILES string of the molecule is CC(C)(CO)NC(=O)c1ccc(-n2cccc2)cc1. The number of rotatable bonds is 4. The minimum absolute atomic E-state index is 0.0970. The van der Waals surface area contributed by atoms with Crippen molar-refractivity contribution in [1.82, 2.24) is 9.88 Å². The summed E-state index contributed by atoms with van der Waals surface area (Å²) in [6.07, 6.45) is 3.90. The molecule has 0 atom stereocenters. The van der Waals surface area contributed by atoms with Crippen molar-refractivity contribution >= 4 is 5.91 Å². The van der Waals surface area contributed by atoms with Gasteiger partial charge >= 0.3 is 0 Å². The summed E-state index contributed by atoms with van der Waals surface area (Å²) in [4.78, 5) is 12.0. The van der Waals surface area contributed by atoms with Crippen LogP contribution in [0.1, 0.15) is 24.2 Å². The van der Waals surface area contributed by atoms with E-state index in [0.29, 0.717) is 5.56 Å². The normalized spacial score (nSPS) is 11.3. The lowest BCUT2D eigenvalue weighted by atomic mass is 10.1. The molecule has 4 nitrogen and oxygen atoms in total. The molecule has 0 saturated heterocycles. The molecule has 0 aliphatic carbocycles. The summed E-state index contributed by atoms with van der Waals surface area (Å²) >= 11 is 0. The van der Waals surface area contributed by atoms with Crippen molar-refractivity contribution in [3.63, 3.8) is 0 Å². The zero-order chi connectivity index (χ0) is 13.9. The van der Waals surface area contributed by atoms with E-state index in [1.807, 2.05) is 41.2 Å². The maximum absolute atomic E-state index is 12.0. The summed E-state index contributed by atoms with van der Waals surface area (Å²) in [7, 11) is 0. The third kappa shape index (κ3) is 3.23. The summed E-state index contributed by atoms with van der Waals surface area (Å²) in [5.74, 6) is -0.182. The first kappa shape index (κ1) is 13.4. The first-order chi connectivity index (χ1) is 9.02. The molecule has 2 N–H and O–H groups in total. The fourth-order valence-electron chi connectivity index (χ4n) is 1.71. The van der Waals surface area contributed by atoms with E-state index in [9.17, 15) is 4.79 Å². The smallest absolute Gasteiger partial charge is 0.251 e. The second-order valence-corrected chi connectivity index (χ2v) is 5.13. The van der Waals surface area contributed by atoms with E-state index < -0.39 is 5.54 Å². The Morgan fingerprint density at radius 1 is 1.21 bits per heavy atom.